The highest BCUT2D eigenvalue weighted by atomic mass is 16.2. The number of carbonyl (C=O) groups is 1. The second-order valence-electron chi connectivity index (χ2n) is 6.24. The molecule has 3 aromatic rings. The number of pyridine rings is 1. The van der Waals surface area contributed by atoms with Crippen molar-refractivity contribution >= 4 is 22.6 Å². The molecule has 1 N–H and O–H groups in total. The molecule has 0 saturated carbocycles. The lowest BCUT2D eigenvalue weighted by Crippen LogP contribution is -2.38. The first-order chi connectivity index (χ1) is 12.3. The van der Waals surface area contributed by atoms with E-state index in [2.05, 4.69) is 10.3 Å². The molecular formula is C19H20N4O3. The van der Waals surface area contributed by atoms with Gasteiger partial charge in [-0.05, 0) is 31.0 Å². The molecule has 2 aromatic heterocycles. The lowest BCUT2D eigenvalue weighted by Gasteiger charge is -2.15. The summed E-state index contributed by atoms with van der Waals surface area (Å²) < 4.78 is 2.32. The monoisotopic (exact) mass is 352 g/mol. The number of hydrogen-bond donors (Lipinski definition) is 1. The van der Waals surface area contributed by atoms with Crippen LogP contribution in [0.4, 0.5) is 5.69 Å². The molecular weight excluding hydrogens is 332 g/mol. The number of benzene rings is 1. The van der Waals surface area contributed by atoms with E-state index in [9.17, 15) is 14.4 Å². The first-order valence-electron chi connectivity index (χ1n) is 8.30. The summed E-state index contributed by atoms with van der Waals surface area (Å²) in [7, 11) is 2.96. The van der Waals surface area contributed by atoms with Crippen molar-refractivity contribution in [3.8, 4) is 0 Å². The molecule has 3 rings (SSSR count). The van der Waals surface area contributed by atoms with Crippen LogP contribution in [0.2, 0.25) is 0 Å². The molecule has 0 aliphatic rings. The number of nitrogens with zero attached hydrogens (tertiary/aromatic N) is 3. The molecule has 0 spiro atoms. The highest BCUT2D eigenvalue weighted by Gasteiger charge is 2.18. The smallest absolute Gasteiger partial charge is 0.321 e. The maximum absolute atomic E-state index is 12.7. The first kappa shape index (κ1) is 17.6. The molecule has 0 radical (unpaired) electrons. The quantitative estimate of drug-likeness (QED) is 0.778. The minimum absolute atomic E-state index is 0.231. The Hall–Kier alpha value is -3.22. The molecule has 0 saturated heterocycles. The van der Waals surface area contributed by atoms with Crippen LogP contribution in [-0.4, -0.2) is 20.0 Å². The summed E-state index contributed by atoms with van der Waals surface area (Å²) in [5, 5.41) is 3.09. The normalized spacial score (nSPS) is 10.9. The van der Waals surface area contributed by atoms with Gasteiger partial charge in [0.05, 0.1) is 5.69 Å². The van der Waals surface area contributed by atoms with Gasteiger partial charge in [-0.3, -0.25) is 18.7 Å². The summed E-state index contributed by atoms with van der Waals surface area (Å²) >= 11 is 0. The van der Waals surface area contributed by atoms with E-state index in [4.69, 9.17) is 0 Å². The van der Waals surface area contributed by atoms with Gasteiger partial charge in [0, 0.05) is 25.9 Å². The zero-order valence-electron chi connectivity index (χ0n) is 15.2. The van der Waals surface area contributed by atoms with Crippen molar-refractivity contribution in [2.45, 2.75) is 20.3 Å². The summed E-state index contributed by atoms with van der Waals surface area (Å²) in [6, 6.07) is 7.20. The molecule has 1 aromatic carbocycles. The Kier molecular flexibility index (Phi) is 4.46. The standard InChI is InChI=1S/C19H20N4O3/c1-5-12-10-20-16-14(18(25)23(4)19(26)22(16)3)15(12)21-17(24)13-8-6-7-11(2)9-13/h6-10H,5H2,1-4H3,(H,20,21,24). The predicted molar refractivity (Wildman–Crippen MR) is 101 cm³/mol. The van der Waals surface area contributed by atoms with Crippen LogP contribution in [0.5, 0.6) is 0 Å². The summed E-state index contributed by atoms with van der Waals surface area (Å²) in [5.74, 6) is -0.313. The van der Waals surface area contributed by atoms with Crippen molar-refractivity contribution in [3.05, 3.63) is 68.0 Å². The van der Waals surface area contributed by atoms with Crippen LogP contribution >= 0.6 is 0 Å². The third-order valence-corrected chi connectivity index (χ3v) is 4.45. The molecule has 1 amide bonds. The van der Waals surface area contributed by atoms with E-state index < -0.39 is 11.2 Å². The third-order valence-electron chi connectivity index (χ3n) is 4.45. The van der Waals surface area contributed by atoms with E-state index >= 15 is 0 Å². The Morgan fingerprint density at radius 2 is 1.92 bits per heavy atom. The van der Waals surface area contributed by atoms with E-state index in [-0.39, 0.29) is 16.9 Å². The molecule has 0 aliphatic heterocycles. The van der Waals surface area contributed by atoms with Crippen LogP contribution < -0.4 is 16.6 Å². The average molecular weight is 352 g/mol. The molecule has 26 heavy (non-hydrogen) atoms. The minimum atomic E-state index is -0.481. The molecule has 134 valence electrons. The molecule has 0 aliphatic carbocycles. The Morgan fingerprint density at radius 1 is 1.19 bits per heavy atom. The van der Waals surface area contributed by atoms with Crippen LogP contribution in [0.1, 0.15) is 28.4 Å². The Labute approximate surface area is 149 Å². The van der Waals surface area contributed by atoms with Gasteiger partial charge in [0.25, 0.3) is 11.5 Å². The highest BCUT2D eigenvalue weighted by Crippen LogP contribution is 2.23. The van der Waals surface area contributed by atoms with Gasteiger partial charge in [-0.2, -0.15) is 0 Å². The predicted octanol–water partition coefficient (Wildman–Crippen LogP) is 1.76. The molecule has 7 heteroatoms. The van der Waals surface area contributed by atoms with E-state index in [0.717, 1.165) is 15.7 Å². The Balaban J connectivity index is 2.26. The van der Waals surface area contributed by atoms with Crippen molar-refractivity contribution in [1.29, 1.82) is 0 Å². The van der Waals surface area contributed by atoms with E-state index in [0.29, 0.717) is 17.7 Å². The second-order valence-corrected chi connectivity index (χ2v) is 6.24. The lowest BCUT2D eigenvalue weighted by molar-refractivity contribution is 0.102. The van der Waals surface area contributed by atoms with Crippen molar-refractivity contribution in [2.24, 2.45) is 14.1 Å². The molecule has 2 heterocycles. The van der Waals surface area contributed by atoms with Gasteiger partial charge in [-0.1, -0.05) is 24.6 Å². The summed E-state index contributed by atoms with van der Waals surface area (Å²) in [5.41, 5.74) is 1.90. The molecule has 0 fully saturated rings. The van der Waals surface area contributed by atoms with Crippen molar-refractivity contribution < 1.29 is 4.79 Å². The lowest BCUT2D eigenvalue weighted by atomic mass is 10.1. The maximum Gasteiger partial charge on any atom is 0.332 e. The van der Waals surface area contributed by atoms with E-state index in [1.165, 1.54) is 11.6 Å². The van der Waals surface area contributed by atoms with Gasteiger partial charge < -0.3 is 5.32 Å². The fourth-order valence-electron chi connectivity index (χ4n) is 2.95. The minimum Gasteiger partial charge on any atom is -0.321 e. The number of aromatic nitrogens is 3. The van der Waals surface area contributed by atoms with Crippen LogP contribution in [-0.2, 0) is 20.5 Å². The van der Waals surface area contributed by atoms with Crippen molar-refractivity contribution in [1.82, 2.24) is 14.1 Å². The Bertz CT molecular complexity index is 1140. The van der Waals surface area contributed by atoms with E-state index in [1.807, 2.05) is 19.9 Å². The van der Waals surface area contributed by atoms with Gasteiger partial charge in [0.2, 0.25) is 0 Å². The number of carbonyl (C=O) groups excluding carboxylic acids is 1. The highest BCUT2D eigenvalue weighted by molar-refractivity contribution is 6.09. The van der Waals surface area contributed by atoms with Crippen molar-refractivity contribution in [2.75, 3.05) is 5.32 Å². The fraction of sp³-hybridized carbons (Fsp3) is 0.263. The van der Waals surface area contributed by atoms with E-state index in [1.54, 1.807) is 31.4 Å². The largest absolute Gasteiger partial charge is 0.332 e. The summed E-state index contributed by atoms with van der Waals surface area (Å²) in [4.78, 5) is 41.9. The number of amides is 1. The number of fused-ring (bicyclic) bond motifs is 1. The van der Waals surface area contributed by atoms with Gasteiger partial charge in [-0.25, -0.2) is 9.78 Å². The number of rotatable bonds is 3. The van der Waals surface area contributed by atoms with Gasteiger partial charge in [0.1, 0.15) is 5.39 Å². The second kappa shape index (κ2) is 6.59. The number of nitrogens with one attached hydrogen (secondary N) is 1. The SMILES string of the molecule is CCc1cnc2c(c1NC(=O)c1cccc(C)c1)c(=O)n(C)c(=O)n2C. The van der Waals surface area contributed by atoms with Crippen LogP contribution in [0.15, 0.2) is 40.1 Å². The molecule has 0 atom stereocenters. The van der Waals surface area contributed by atoms with Crippen molar-refractivity contribution in [3.63, 3.8) is 0 Å². The summed E-state index contributed by atoms with van der Waals surface area (Å²) in [6.07, 6.45) is 2.17. The molecule has 0 bridgehead atoms. The number of hydrogen-bond acceptors (Lipinski definition) is 4. The average Bonchev–Trinajstić information content (AvgIpc) is 2.64. The first-order valence-corrected chi connectivity index (χ1v) is 8.30. The molecule has 0 unspecified atom stereocenters. The zero-order chi connectivity index (χ0) is 19.0. The zero-order valence-corrected chi connectivity index (χ0v) is 15.2. The fourth-order valence-corrected chi connectivity index (χ4v) is 2.95. The van der Waals surface area contributed by atoms with Crippen LogP contribution in [0.25, 0.3) is 11.0 Å². The Morgan fingerprint density at radius 3 is 2.58 bits per heavy atom. The molecule has 7 nitrogen and oxygen atoms in total. The van der Waals surface area contributed by atoms with Crippen LogP contribution in [0.3, 0.4) is 0 Å². The topological polar surface area (TPSA) is 86.0 Å². The number of aryl methyl sites for hydroxylation is 3. The van der Waals surface area contributed by atoms with Gasteiger partial charge in [0.15, 0.2) is 5.65 Å². The van der Waals surface area contributed by atoms with Gasteiger partial charge >= 0.3 is 5.69 Å². The van der Waals surface area contributed by atoms with Gasteiger partial charge in [-0.15, -0.1) is 0 Å². The maximum atomic E-state index is 12.7. The third kappa shape index (κ3) is 2.81. The van der Waals surface area contributed by atoms with Crippen LogP contribution in [0, 0.1) is 6.92 Å². The summed E-state index contributed by atoms with van der Waals surface area (Å²) in [6.45, 7) is 3.82. The number of anilines is 1.